The Bertz CT molecular complexity index is 704. The van der Waals surface area contributed by atoms with E-state index in [1.807, 2.05) is 0 Å². The van der Waals surface area contributed by atoms with Crippen LogP contribution in [-0.4, -0.2) is 36.7 Å². The lowest BCUT2D eigenvalue weighted by molar-refractivity contribution is 0.0702. The van der Waals surface area contributed by atoms with Gasteiger partial charge >= 0.3 is 5.97 Å². The lowest BCUT2D eigenvalue weighted by atomic mass is 10.1. The zero-order valence-corrected chi connectivity index (χ0v) is 11.7. The van der Waals surface area contributed by atoms with Crippen molar-refractivity contribution >= 4 is 45.3 Å². The molecule has 0 unspecified atom stereocenters. The molecule has 5 nitrogen and oxygen atoms in total. The van der Waals surface area contributed by atoms with Gasteiger partial charge < -0.3 is 14.6 Å². The van der Waals surface area contributed by atoms with Crippen molar-refractivity contribution in [3.8, 4) is 5.75 Å². The molecule has 0 spiro atoms. The van der Waals surface area contributed by atoms with Gasteiger partial charge in [-0.2, -0.15) is 0 Å². The second kappa shape index (κ2) is 5.05. The van der Waals surface area contributed by atoms with Gasteiger partial charge in [0.05, 0.1) is 17.2 Å². The lowest BCUT2D eigenvalue weighted by Gasteiger charge is -2.08. The summed E-state index contributed by atoms with van der Waals surface area (Å²) in [7, 11) is 0. The van der Waals surface area contributed by atoms with Crippen LogP contribution in [0.5, 0.6) is 5.75 Å². The van der Waals surface area contributed by atoms with E-state index in [2.05, 4.69) is 0 Å². The second-order valence-electron chi connectivity index (χ2n) is 4.29. The molecule has 20 heavy (non-hydrogen) atoms. The number of fused-ring (bicyclic) bond motifs is 1. The maximum atomic E-state index is 11.3. The molecular formula is C13H9ClO5S. The van der Waals surface area contributed by atoms with Gasteiger partial charge in [-0.15, -0.1) is 11.3 Å². The number of carbonyl (C=O) groups excluding carboxylic acids is 1. The highest BCUT2D eigenvalue weighted by Gasteiger charge is 2.25. The predicted molar refractivity (Wildman–Crippen MR) is 74.4 cm³/mol. The SMILES string of the molecule is O=Cc1c(OC[C@H]2CO2)ccc2sc(C(=O)O)c(Cl)c12. The first kappa shape index (κ1) is 13.4. The molecule has 1 aliphatic rings. The number of carboxylic acids is 1. The molecule has 1 fully saturated rings. The van der Waals surface area contributed by atoms with Crippen molar-refractivity contribution in [1.82, 2.24) is 0 Å². The number of carboxylic acid groups (broad SMARTS) is 1. The number of halogens is 1. The van der Waals surface area contributed by atoms with E-state index in [4.69, 9.17) is 26.2 Å². The van der Waals surface area contributed by atoms with E-state index < -0.39 is 5.97 Å². The number of rotatable bonds is 5. The molecule has 0 radical (unpaired) electrons. The lowest BCUT2D eigenvalue weighted by Crippen LogP contribution is -2.05. The minimum absolute atomic E-state index is 0.0208. The van der Waals surface area contributed by atoms with Gasteiger partial charge in [-0.3, -0.25) is 4.79 Å². The summed E-state index contributed by atoms with van der Waals surface area (Å²) in [5.74, 6) is -0.721. The first-order valence-electron chi connectivity index (χ1n) is 5.79. The quantitative estimate of drug-likeness (QED) is 0.678. The van der Waals surface area contributed by atoms with Crippen LogP contribution in [0.25, 0.3) is 10.1 Å². The summed E-state index contributed by atoms with van der Waals surface area (Å²) in [5, 5.41) is 9.58. The van der Waals surface area contributed by atoms with Gasteiger partial charge in [-0.1, -0.05) is 11.6 Å². The predicted octanol–water partition coefficient (Wildman–Crippen LogP) is 2.84. The third kappa shape index (κ3) is 2.26. The van der Waals surface area contributed by atoms with Crippen molar-refractivity contribution in [2.24, 2.45) is 0 Å². The maximum absolute atomic E-state index is 11.3. The van der Waals surface area contributed by atoms with Crippen molar-refractivity contribution in [2.75, 3.05) is 13.2 Å². The summed E-state index contributed by atoms with van der Waals surface area (Å²) < 4.78 is 11.2. The topological polar surface area (TPSA) is 76.1 Å². The number of aldehydes is 1. The number of thiophene rings is 1. The van der Waals surface area contributed by atoms with Crippen LogP contribution in [0.4, 0.5) is 0 Å². The Morgan fingerprint density at radius 3 is 2.95 bits per heavy atom. The summed E-state index contributed by atoms with van der Waals surface area (Å²) in [6, 6.07) is 3.35. The van der Waals surface area contributed by atoms with Crippen LogP contribution in [0.3, 0.4) is 0 Å². The standard InChI is InChI=1S/C13H9ClO5S/c14-11-10-7(3-15)8(19-5-6-4-18-6)1-2-9(10)20-12(11)13(16)17/h1-3,6H,4-5H2,(H,16,17)/t6-/m1/s1. The van der Waals surface area contributed by atoms with Gasteiger partial charge in [0.15, 0.2) is 6.29 Å². The van der Waals surface area contributed by atoms with E-state index in [9.17, 15) is 9.59 Å². The maximum Gasteiger partial charge on any atom is 0.347 e. The molecule has 1 N–H and O–H groups in total. The summed E-state index contributed by atoms with van der Waals surface area (Å²) >= 11 is 7.11. The molecule has 7 heteroatoms. The first-order valence-corrected chi connectivity index (χ1v) is 6.99. The fraction of sp³-hybridized carbons (Fsp3) is 0.231. The third-order valence-corrected chi connectivity index (χ3v) is 4.57. The molecule has 0 bridgehead atoms. The highest BCUT2D eigenvalue weighted by molar-refractivity contribution is 7.21. The Morgan fingerprint density at radius 2 is 2.35 bits per heavy atom. The Hall–Kier alpha value is -1.63. The number of ether oxygens (including phenoxy) is 2. The smallest absolute Gasteiger partial charge is 0.347 e. The van der Waals surface area contributed by atoms with E-state index in [1.165, 1.54) is 0 Å². The van der Waals surface area contributed by atoms with E-state index >= 15 is 0 Å². The van der Waals surface area contributed by atoms with E-state index in [0.717, 1.165) is 11.3 Å². The highest BCUT2D eigenvalue weighted by atomic mass is 35.5. The molecule has 104 valence electrons. The zero-order chi connectivity index (χ0) is 14.3. The van der Waals surface area contributed by atoms with Gasteiger partial charge in [0.25, 0.3) is 0 Å². The van der Waals surface area contributed by atoms with Crippen molar-refractivity contribution < 1.29 is 24.2 Å². The monoisotopic (exact) mass is 312 g/mol. The number of hydrogen-bond donors (Lipinski definition) is 1. The van der Waals surface area contributed by atoms with Crippen LogP contribution in [0.15, 0.2) is 12.1 Å². The van der Waals surface area contributed by atoms with Crippen molar-refractivity contribution in [2.45, 2.75) is 6.10 Å². The highest BCUT2D eigenvalue weighted by Crippen LogP contribution is 2.40. The van der Waals surface area contributed by atoms with E-state index in [1.54, 1.807) is 12.1 Å². The minimum Gasteiger partial charge on any atom is -0.490 e. The molecular weight excluding hydrogens is 304 g/mol. The third-order valence-electron chi connectivity index (χ3n) is 2.94. The molecule has 1 aromatic carbocycles. The largest absolute Gasteiger partial charge is 0.490 e. The molecule has 2 heterocycles. The zero-order valence-electron chi connectivity index (χ0n) is 10.1. The summed E-state index contributed by atoms with van der Waals surface area (Å²) in [6.07, 6.45) is 0.702. The van der Waals surface area contributed by atoms with E-state index in [-0.39, 0.29) is 21.6 Å². The molecule has 0 amide bonds. The first-order chi connectivity index (χ1) is 9.61. The van der Waals surface area contributed by atoms with Crippen LogP contribution in [0.1, 0.15) is 20.0 Å². The summed E-state index contributed by atoms with van der Waals surface area (Å²) in [6.45, 7) is 1.01. The fourth-order valence-corrected chi connectivity index (χ4v) is 3.29. The average molecular weight is 313 g/mol. The Kier molecular flexibility index (Phi) is 3.37. The summed E-state index contributed by atoms with van der Waals surface area (Å²) in [4.78, 5) is 22.4. The number of benzene rings is 1. The van der Waals surface area contributed by atoms with Gasteiger partial charge in [0, 0.05) is 10.1 Å². The number of aromatic carboxylic acids is 1. The van der Waals surface area contributed by atoms with Crippen LogP contribution in [0.2, 0.25) is 5.02 Å². The van der Waals surface area contributed by atoms with Crippen LogP contribution in [0, 0.1) is 0 Å². The van der Waals surface area contributed by atoms with Crippen molar-refractivity contribution in [3.05, 3.63) is 27.6 Å². The molecule has 2 aromatic rings. The van der Waals surface area contributed by atoms with Crippen molar-refractivity contribution in [1.29, 1.82) is 0 Å². The minimum atomic E-state index is -1.11. The van der Waals surface area contributed by atoms with Gasteiger partial charge in [0.2, 0.25) is 0 Å². The van der Waals surface area contributed by atoms with Crippen molar-refractivity contribution in [3.63, 3.8) is 0 Å². The molecule has 1 aliphatic heterocycles. The molecule has 0 saturated carbocycles. The normalized spacial score (nSPS) is 17.1. The second-order valence-corrected chi connectivity index (χ2v) is 5.72. The molecule has 0 aliphatic carbocycles. The van der Waals surface area contributed by atoms with Gasteiger partial charge in [0.1, 0.15) is 23.3 Å². The van der Waals surface area contributed by atoms with Gasteiger partial charge in [-0.05, 0) is 12.1 Å². The Morgan fingerprint density at radius 1 is 1.60 bits per heavy atom. The Balaban J connectivity index is 2.10. The van der Waals surface area contributed by atoms with E-state index in [0.29, 0.717) is 35.3 Å². The fourth-order valence-electron chi connectivity index (χ4n) is 1.89. The molecule has 1 saturated heterocycles. The van der Waals surface area contributed by atoms with Gasteiger partial charge in [-0.25, -0.2) is 4.79 Å². The van der Waals surface area contributed by atoms with Crippen LogP contribution >= 0.6 is 22.9 Å². The number of epoxide rings is 1. The summed E-state index contributed by atoms with van der Waals surface area (Å²) in [5.41, 5.74) is 0.275. The van der Waals surface area contributed by atoms with Crippen LogP contribution < -0.4 is 4.74 Å². The molecule has 1 aromatic heterocycles. The van der Waals surface area contributed by atoms with Crippen LogP contribution in [-0.2, 0) is 4.74 Å². The average Bonchev–Trinajstić information content (AvgIpc) is 3.19. The molecule has 1 atom stereocenters. The Labute approximate surface area is 122 Å². The number of carbonyl (C=O) groups is 2. The number of hydrogen-bond acceptors (Lipinski definition) is 5. The molecule has 3 rings (SSSR count).